The Morgan fingerprint density at radius 3 is 2.32 bits per heavy atom. The van der Waals surface area contributed by atoms with Crippen molar-refractivity contribution in [3.63, 3.8) is 0 Å². The van der Waals surface area contributed by atoms with Crippen molar-refractivity contribution in [3.05, 3.63) is 40.4 Å². The SMILES string of the molecule is CC1=C(Br)C(=O)[C@@](C)(Br)[C@H](Br)C1=NS(=O)(=O)c1ccccc1. The standard InChI is InChI=1S/C14H12Br3NO3S/c1-8-10(15)13(19)14(2,17)12(16)11(8)18-22(20,21)9-6-4-3-5-7-9/h3-7,12H,1-2H3/t12-,14+/m1/s1. The molecule has 0 fully saturated rings. The van der Waals surface area contributed by atoms with Gasteiger partial charge in [-0.25, -0.2) is 0 Å². The lowest BCUT2D eigenvalue weighted by Crippen LogP contribution is -2.47. The molecule has 118 valence electrons. The molecule has 1 aliphatic carbocycles. The third-order valence-corrected chi connectivity index (χ3v) is 8.37. The molecule has 1 aromatic carbocycles. The number of sulfonamides is 1. The van der Waals surface area contributed by atoms with Crippen LogP contribution in [-0.4, -0.2) is 29.1 Å². The molecule has 0 spiro atoms. The van der Waals surface area contributed by atoms with Gasteiger partial charge in [-0.15, -0.1) is 0 Å². The van der Waals surface area contributed by atoms with E-state index in [2.05, 4.69) is 52.2 Å². The van der Waals surface area contributed by atoms with Gasteiger partial charge < -0.3 is 0 Å². The van der Waals surface area contributed by atoms with Crippen LogP contribution in [0.15, 0.2) is 49.7 Å². The van der Waals surface area contributed by atoms with E-state index in [4.69, 9.17) is 0 Å². The first kappa shape index (κ1) is 18.0. The smallest absolute Gasteiger partial charge is 0.282 e. The molecule has 2 rings (SSSR count). The van der Waals surface area contributed by atoms with Gasteiger partial charge in [0, 0.05) is 0 Å². The lowest BCUT2D eigenvalue weighted by atomic mass is 9.88. The molecule has 4 nitrogen and oxygen atoms in total. The van der Waals surface area contributed by atoms with Crippen LogP contribution in [-0.2, 0) is 14.8 Å². The number of Topliss-reactive ketones (excluding diaryl/α,β-unsaturated/α-hetero) is 1. The van der Waals surface area contributed by atoms with E-state index in [0.717, 1.165) is 0 Å². The van der Waals surface area contributed by atoms with Gasteiger partial charge >= 0.3 is 0 Å². The van der Waals surface area contributed by atoms with E-state index in [0.29, 0.717) is 15.8 Å². The van der Waals surface area contributed by atoms with Gasteiger partial charge in [0.2, 0.25) is 0 Å². The number of rotatable bonds is 2. The number of benzene rings is 1. The monoisotopic (exact) mass is 511 g/mol. The Morgan fingerprint density at radius 2 is 1.77 bits per heavy atom. The molecule has 0 amide bonds. The summed E-state index contributed by atoms with van der Waals surface area (Å²) in [5, 5.41) is 0. The average Bonchev–Trinajstić information content (AvgIpc) is 2.49. The summed E-state index contributed by atoms with van der Waals surface area (Å²) >= 11 is 9.98. The number of carbonyl (C=O) groups is 1. The number of halogens is 3. The zero-order valence-electron chi connectivity index (χ0n) is 11.7. The zero-order valence-corrected chi connectivity index (χ0v) is 17.3. The summed E-state index contributed by atoms with van der Waals surface area (Å²) in [6.45, 7) is 3.34. The van der Waals surface area contributed by atoms with E-state index in [1.807, 2.05) is 0 Å². The van der Waals surface area contributed by atoms with Crippen molar-refractivity contribution >= 4 is 69.3 Å². The highest BCUT2D eigenvalue weighted by Crippen LogP contribution is 2.41. The Kier molecular flexibility index (Phi) is 5.16. The lowest BCUT2D eigenvalue weighted by molar-refractivity contribution is -0.116. The fraction of sp³-hybridized carbons (Fsp3) is 0.286. The average molecular weight is 514 g/mol. The third-order valence-electron chi connectivity index (χ3n) is 3.33. The second-order valence-electron chi connectivity index (χ2n) is 4.97. The van der Waals surface area contributed by atoms with E-state index in [1.54, 1.807) is 32.0 Å². The number of alkyl halides is 2. The van der Waals surface area contributed by atoms with Crippen LogP contribution in [0, 0.1) is 0 Å². The molecule has 0 saturated carbocycles. The molecule has 2 atom stereocenters. The summed E-state index contributed by atoms with van der Waals surface area (Å²) in [7, 11) is -3.85. The number of hydrogen-bond acceptors (Lipinski definition) is 3. The van der Waals surface area contributed by atoms with E-state index < -0.39 is 19.2 Å². The number of ketones is 1. The predicted molar refractivity (Wildman–Crippen MR) is 97.7 cm³/mol. The van der Waals surface area contributed by atoms with Crippen LogP contribution in [0.25, 0.3) is 0 Å². The van der Waals surface area contributed by atoms with Crippen LogP contribution >= 0.6 is 47.8 Å². The predicted octanol–water partition coefficient (Wildman–Crippen LogP) is 3.99. The van der Waals surface area contributed by atoms with Crippen molar-refractivity contribution in [1.82, 2.24) is 0 Å². The topological polar surface area (TPSA) is 63.6 Å². The van der Waals surface area contributed by atoms with Crippen molar-refractivity contribution in [2.24, 2.45) is 4.40 Å². The van der Waals surface area contributed by atoms with Crippen molar-refractivity contribution in [3.8, 4) is 0 Å². The van der Waals surface area contributed by atoms with Gasteiger partial charge in [-0.1, -0.05) is 50.1 Å². The molecule has 1 aliphatic rings. The van der Waals surface area contributed by atoms with Crippen molar-refractivity contribution in [2.45, 2.75) is 27.9 Å². The molecule has 0 aliphatic heterocycles. The van der Waals surface area contributed by atoms with E-state index in [1.165, 1.54) is 12.1 Å². The normalized spacial score (nSPS) is 28.3. The zero-order chi connectivity index (χ0) is 16.7. The summed E-state index contributed by atoms with van der Waals surface area (Å²) in [5.74, 6) is -0.164. The molecule has 22 heavy (non-hydrogen) atoms. The van der Waals surface area contributed by atoms with Crippen molar-refractivity contribution in [2.75, 3.05) is 0 Å². The number of nitrogens with zero attached hydrogens (tertiary/aromatic N) is 1. The maximum Gasteiger partial charge on any atom is 0.282 e. The Labute approximate surface area is 154 Å². The minimum Gasteiger partial charge on any atom is -0.292 e. The molecule has 1 aromatic rings. The number of carbonyl (C=O) groups excluding carboxylic acids is 1. The molecule has 8 heteroatoms. The molecule has 0 saturated heterocycles. The molecule has 0 N–H and O–H groups in total. The highest BCUT2D eigenvalue weighted by molar-refractivity contribution is 9.13. The molecule has 0 aromatic heterocycles. The maximum atomic E-state index is 12.4. The summed E-state index contributed by atoms with van der Waals surface area (Å²) in [6, 6.07) is 7.97. The second-order valence-corrected chi connectivity index (χ2v) is 9.93. The molecule has 0 radical (unpaired) electrons. The van der Waals surface area contributed by atoms with Crippen LogP contribution in [0.4, 0.5) is 0 Å². The Balaban J connectivity index is 2.63. The first-order valence-electron chi connectivity index (χ1n) is 6.23. The molecule has 0 heterocycles. The van der Waals surface area contributed by atoms with E-state index in [-0.39, 0.29) is 10.7 Å². The summed E-state index contributed by atoms with van der Waals surface area (Å²) in [5.41, 5.74) is 0.804. The molecular weight excluding hydrogens is 502 g/mol. The minimum atomic E-state index is -3.85. The third kappa shape index (κ3) is 3.16. The summed E-state index contributed by atoms with van der Waals surface area (Å²) < 4.78 is 28.2. The maximum absolute atomic E-state index is 12.4. The van der Waals surface area contributed by atoms with Gasteiger partial charge in [0.15, 0.2) is 5.78 Å². The quantitative estimate of drug-likeness (QED) is 0.562. The first-order valence-corrected chi connectivity index (χ1v) is 10.2. The first-order chi connectivity index (χ1) is 10.1. The minimum absolute atomic E-state index is 0.110. The van der Waals surface area contributed by atoms with Crippen LogP contribution in [0.5, 0.6) is 0 Å². The fourth-order valence-corrected chi connectivity index (χ4v) is 5.14. The molecule has 0 unspecified atom stereocenters. The van der Waals surface area contributed by atoms with E-state index >= 15 is 0 Å². The van der Waals surface area contributed by atoms with Crippen LogP contribution in [0.2, 0.25) is 0 Å². The largest absolute Gasteiger partial charge is 0.292 e. The van der Waals surface area contributed by atoms with Gasteiger partial charge in [0.25, 0.3) is 10.0 Å². The molecule has 0 bridgehead atoms. The fourth-order valence-electron chi connectivity index (χ4n) is 1.95. The number of allylic oxidation sites excluding steroid dienone is 2. The molecular formula is C14H12Br3NO3S. The number of hydrogen-bond donors (Lipinski definition) is 0. The van der Waals surface area contributed by atoms with Gasteiger partial charge in [0.1, 0.15) is 4.32 Å². The van der Waals surface area contributed by atoms with Crippen molar-refractivity contribution in [1.29, 1.82) is 0 Å². The van der Waals surface area contributed by atoms with Crippen LogP contribution in [0.1, 0.15) is 13.8 Å². The van der Waals surface area contributed by atoms with Crippen molar-refractivity contribution < 1.29 is 13.2 Å². The highest BCUT2D eigenvalue weighted by Gasteiger charge is 2.47. The Bertz CT molecular complexity index is 783. The summed E-state index contributed by atoms with van der Waals surface area (Å²) in [6.07, 6.45) is 0. The lowest BCUT2D eigenvalue weighted by Gasteiger charge is -2.33. The van der Waals surface area contributed by atoms with Gasteiger partial charge in [-0.05, 0) is 47.5 Å². The van der Waals surface area contributed by atoms with Gasteiger partial charge in [-0.3, -0.25) is 4.79 Å². The van der Waals surface area contributed by atoms with Gasteiger partial charge in [-0.2, -0.15) is 12.8 Å². The van der Waals surface area contributed by atoms with Gasteiger partial charge in [0.05, 0.1) is 19.9 Å². The van der Waals surface area contributed by atoms with Crippen LogP contribution in [0.3, 0.4) is 0 Å². The highest BCUT2D eigenvalue weighted by atomic mass is 79.9. The van der Waals surface area contributed by atoms with Crippen LogP contribution < -0.4 is 0 Å². The Morgan fingerprint density at radius 1 is 1.23 bits per heavy atom. The summed E-state index contributed by atoms with van der Waals surface area (Å²) in [4.78, 5) is 11.8. The van der Waals surface area contributed by atoms with E-state index in [9.17, 15) is 13.2 Å². The second kappa shape index (κ2) is 6.30. The Hall–Kier alpha value is -0.310.